The fourth-order valence-corrected chi connectivity index (χ4v) is 0.465. The van der Waals surface area contributed by atoms with E-state index in [1.54, 1.807) is 0 Å². The van der Waals surface area contributed by atoms with Crippen molar-refractivity contribution in [1.82, 2.24) is 4.90 Å². The van der Waals surface area contributed by atoms with Gasteiger partial charge >= 0.3 is 0 Å². The van der Waals surface area contributed by atoms with Crippen molar-refractivity contribution < 1.29 is 0 Å². The van der Waals surface area contributed by atoms with Crippen molar-refractivity contribution in [1.29, 1.82) is 0 Å². The smallest absolute Gasteiger partial charge is 0.0160 e. The molecule has 0 aromatic carbocycles. The Morgan fingerprint density at radius 2 is 2.11 bits per heavy atom. The molecule has 0 unspecified atom stereocenters. The molecule has 0 aliphatic rings. The van der Waals surface area contributed by atoms with E-state index in [0.717, 1.165) is 12.1 Å². The third-order valence-electron chi connectivity index (χ3n) is 0.873. The molecule has 0 heterocycles. The molecule has 0 fully saturated rings. The molecule has 9 heavy (non-hydrogen) atoms. The molecule has 1 nitrogen and oxygen atoms in total. The number of hydrogen-bond donors (Lipinski definition) is 0. The van der Waals surface area contributed by atoms with E-state index in [-0.39, 0.29) is 0 Å². The maximum absolute atomic E-state index is 3.75. The largest absolute Gasteiger partial charge is 0.306 e. The van der Waals surface area contributed by atoms with Crippen LogP contribution in [0.25, 0.3) is 0 Å². The number of nitrogens with zero attached hydrogens (tertiary/aromatic N) is 1. The Bertz CT molecular complexity index is 112. The summed E-state index contributed by atoms with van der Waals surface area (Å²) in [4.78, 5) is 2.11. The summed E-state index contributed by atoms with van der Waals surface area (Å²) < 4.78 is 0. The van der Waals surface area contributed by atoms with Crippen molar-refractivity contribution in [3.05, 3.63) is 24.3 Å². The van der Waals surface area contributed by atoms with Crippen LogP contribution in [0.15, 0.2) is 24.3 Å². The summed E-state index contributed by atoms with van der Waals surface area (Å²) in [7, 11) is 4.09. The molecule has 0 saturated carbocycles. The Hall–Kier alpha value is -0.560. The lowest BCUT2D eigenvalue weighted by Gasteiger charge is -2.02. The highest BCUT2D eigenvalue weighted by atomic mass is 15.0. The maximum atomic E-state index is 3.75. The highest BCUT2D eigenvalue weighted by molar-refractivity contribution is 5.11. The first-order chi connectivity index (χ1) is 4.13. The molecule has 0 rings (SSSR count). The van der Waals surface area contributed by atoms with Crippen LogP contribution >= 0.6 is 0 Å². The fraction of sp³-hybridized carbons (Fsp3) is 0.500. The predicted molar refractivity (Wildman–Crippen MR) is 42.5 cm³/mol. The van der Waals surface area contributed by atoms with Crippen LogP contribution < -0.4 is 0 Å². The zero-order chi connectivity index (χ0) is 7.28. The molecule has 0 bridgehead atoms. The first-order valence-corrected chi connectivity index (χ1v) is 3.09. The van der Waals surface area contributed by atoms with Crippen LogP contribution in [0.1, 0.15) is 6.92 Å². The van der Waals surface area contributed by atoms with E-state index in [0.29, 0.717) is 0 Å². The van der Waals surface area contributed by atoms with Gasteiger partial charge in [0.05, 0.1) is 0 Å². The van der Waals surface area contributed by atoms with Crippen molar-refractivity contribution >= 4 is 0 Å². The molecule has 0 radical (unpaired) electrons. The zero-order valence-electron chi connectivity index (χ0n) is 6.52. The van der Waals surface area contributed by atoms with Crippen molar-refractivity contribution in [2.24, 2.45) is 0 Å². The van der Waals surface area contributed by atoms with Gasteiger partial charge in [0.15, 0.2) is 0 Å². The summed E-state index contributed by atoms with van der Waals surface area (Å²) in [6.45, 7) is 6.73. The SMILES string of the molecule is C=C(C)/C=C\CN(C)C. The second kappa shape index (κ2) is 4.33. The van der Waals surface area contributed by atoms with E-state index < -0.39 is 0 Å². The second-order valence-corrected chi connectivity index (χ2v) is 2.51. The Labute approximate surface area is 57.7 Å². The highest BCUT2D eigenvalue weighted by Gasteiger charge is 1.80. The minimum atomic E-state index is 0.993. The van der Waals surface area contributed by atoms with Crippen LogP contribution in [0.5, 0.6) is 0 Å². The van der Waals surface area contributed by atoms with E-state index in [4.69, 9.17) is 0 Å². The molecule has 0 spiro atoms. The van der Waals surface area contributed by atoms with Gasteiger partial charge in [0, 0.05) is 6.54 Å². The number of allylic oxidation sites excluding steroid dienone is 2. The number of likely N-dealkylation sites (N-methyl/N-ethyl adjacent to an activating group) is 1. The maximum Gasteiger partial charge on any atom is 0.0160 e. The molecule has 0 saturated heterocycles. The Morgan fingerprint density at radius 1 is 1.56 bits per heavy atom. The second-order valence-electron chi connectivity index (χ2n) is 2.51. The van der Waals surface area contributed by atoms with Gasteiger partial charge in [-0.1, -0.05) is 24.3 Å². The average molecular weight is 125 g/mol. The average Bonchev–Trinajstić information content (AvgIpc) is 1.63. The third-order valence-corrected chi connectivity index (χ3v) is 0.873. The highest BCUT2D eigenvalue weighted by Crippen LogP contribution is 1.88. The molecule has 0 aromatic heterocycles. The molecule has 0 aromatic rings. The van der Waals surface area contributed by atoms with Gasteiger partial charge in [-0.25, -0.2) is 0 Å². The number of rotatable bonds is 3. The molecule has 0 atom stereocenters. The van der Waals surface area contributed by atoms with Crippen molar-refractivity contribution in [2.45, 2.75) is 6.92 Å². The first kappa shape index (κ1) is 8.44. The minimum absolute atomic E-state index is 0.993. The van der Waals surface area contributed by atoms with E-state index in [2.05, 4.69) is 17.6 Å². The predicted octanol–water partition coefficient (Wildman–Crippen LogP) is 1.68. The first-order valence-electron chi connectivity index (χ1n) is 3.09. The summed E-state index contributed by atoms with van der Waals surface area (Å²) in [6.07, 6.45) is 4.13. The summed E-state index contributed by atoms with van der Waals surface area (Å²) in [5.41, 5.74) is 1.11. The molecule has 52 valence electrons. The van der Waals surface area contributed by atoms with Crippen molar-refractivity contribution in [3.8, 4) is 0 Å². The van der Waals surface area contributed by atoms with Gasteiger partial charge in [-0.15, -0.1) is 0 Å². The summed E-state index contributed by atoms with van der Waals surface area (Å²) in [6, 6.07) is 0. The molecular formula is C8H15N. The Kier molecular flexibility index (Phi) is 4.06. The van der Waals surface area contributed by atoms with Gasteiger partial charge in [-0.2, -0.15) is 0 Å². The van der Waals surface area contributed by atoms with Crippen LogP contribution in [0, 0.1) is 0 Å². The standard InChI is InChI=1S/C8H15N/c1-8(2)6-5-7-9(3)4/h5-6H,1,7H2,2-4H3/b6-5-. The molecule has 0 N–H and O–H groups in total. The zero-order valence-corrected chi connectivity index (χ0v) is 6.52. The van der Waals surface area contributed by atoms with Crippen molar-refractivity contribution in [2.75, 3.05) is 20.6 Å². The van der Waals surface area contributed by atoms with Crippen LogP contribution in [-0.4, -0.2) is 25.5 Å². The topological polar surface area (TPSA) is 3.24 Å². The summed E-state index contributed by atoms with van der Waals surface area (Å²) in [5, 5.41) is 0. The molecule has 0 amide bonds. The third kappa shape index (κ3) is 7.44. The van der Waals surface area contributed by atoms with Crippen molar-refractivity contribution in [3.63, 3.8) is 0 Å². The van der Waals surface area contributed by atoms with Crippen LogP contribution in [-0.2, 0) is 0 Å². The quantitative estimate of drug-likeness (QED) is 0.519. The number of hydrogen-bond acceptors (Lipinski definition) is 1. The minimum Gasteiger partial charge on any atom is -0.306 e. The molecule has 0 aliphatic heterocycles. The van der Waals surface area contributed by atoms with Gasteiger partial charge in [0.1, 0.15) is 0 Å². The Morgan fingerprint density at radius 3 is 2.44 bits per heavy atom. The normalized spacial score (nSPS) is 11.1. The lowest BCUT2D eigenvalue weighted by molar-refractivity contribution is 0.456. The lowest BCUT2D eigenvalue weighted by atomic mass is 10.3. The van der Waals surface area contributed by atoms with E-state index in [1.807, 2.05) is 27.1 Å². The van der Waals surface area contributed by atoms with Gasteiger partial charge in [0.2, 0.25) is 0 Å². The van der Waals surface area contributed by atoms with Gasteiger partial charge in [-0.3, -0.25) is 0 Å². The van der Waals surface area contributed by atoms with Crippen LogP contribution in [0.3, 0.4) is 0 Å². The van der Waals surface area contributed by atoms with E-state index >= 15 is 0 Å². The van der Waals surface area contributed by atoms with Gasteiger partial charge in [-0.05, 0) is 21.0 Å². The monoisotopic (exact) mass is 125 g/mol. The fourth-order valence-electron chi connectivity index (χ4n) is 0.465. The molecule has 0 aliphatic carbocycles. The van der Waals surface area contributed by atoms with Gasteiger partial charge < -0.3 is 4.90 Å². The molecule has 1 heteroatoms. The van der Waals surface area contributed by atoms with Crippen LogP contribution in [0.4, 0.5) is 0 Å². The van der Waals surface area contributed by atoms with Crippen LogP contribution in [0.2, 0.25) is 0 Å². The summed E-state index contributed by atoms with van der Waals surface area (Å²) in [5.74, 6) is 0. The summed E-state index contributed by atoms with van der Waals surface area (Å²) >= 11 is 0. The molecular weight excluding hydrogens is 110 g/mol. The van der Waals surface area contributed by atoms with E-state index in [9.17, 15) is 0 Å². The van der Waals surface area contributed by atoms with E-state index in [1.165, 1.54) is 0 Å². The van der Waals surface area contributed by atoms with Gasteiger partial charge in [0.25, 0.3) is 0 Å². The Balaban J connectivity index is 3.36. The lowest BCUT2D eigenvalue weighted by Crippen LogP contribution is -2.10.